The Morgan fingerprint density at radius 2 is 1.62 bits per heavy atom. The molecule has 1 aliphatic carbocycles. The molecule has 202 valence electrons. The fraction of sp³-hybridized carbons (Fsp3) is 0.394. The Hall–Kier alpha value is -3.38. The van der Waals surface area contributed by atoms with Gasteiger partial charge in [-0.15, -0.1) is 11.3 Å². The minimum atomic E-state index is -1.16. The van der Waals surface area contributed by atoms with Crippen molar-refractivity contribution in [2.24, 2.45) is 0 Å². The SMILES string of the molecule is CCc1cc2c(cc3n2C[C@](C(=O)NC2CCCCCCC2)(c2ccccc2)N(Cc2ccccc2)C3=O)s1. The summed E-state index contributed by atoms with van der Waals surface area (Å²) < 4.78 is 3.22. The third-order valence-corrected chi connectivity index (χ3v) is 9.77. The Balaban J connectivity index is 1.50. The normalized spacial score (nSPS) is 20.4. The number of nitrogens with one attached hydrogen (secondary N) is 1. The molecule has 0 bridgehead atoms. The van der Waals surface area contributed by atoms with Gasteiger partial charge in [-0.2, -0.15) is 0 Å². The molecule has 0 saturated heterocycles. The van der Waals surface area contributed by atoms with E-state index in [-0.39, 0.29) is 17.9 Å². The van der Waals surface area contributed by atoms with Crippen LogP contribution < -0.4 is 5.32 Å². The van der Waals surface area contributed by atoms with Gasteiger partial charge in [0.1, 0.15) is 5.69 Å². The van der Waals surface area contributed by atoms with Gasteiger partial charge in [-0.1, -0.05) is 99.7 Å². The second kappa shape index (κ2) is 11.0. The molecule has 6 rings (SSSR count). The molecule has 2 aromatic heterocycles. The molecule has 3 heterocycles. The zero-order valence-corrected chi connectivity index (χ0v) is 23.5. The lowest BCUT2D eigenvalue weighted by atomic mass is 9.83. The monoisotopic (exact) mass is 539 g/mol. The van der Waals surface area contributed by atoms with Crippen LogP contribution in [0.15, 0.2) is 72.8 Å². The maximum Gasteiger partial charge on any atom is 0.272 e. The van der Waals surface area contributed by atoms with E-state index in [1.165, 1.54) is 24.1 Å². The van der Waals surface area contributed by atoms with Crippen LogP contribution in [0, 0.1) is 0 Å². The molecule has 1 aliphatic heterocycles. The van der Waals surface area contributed by atoms with E-state index in [4.69, 9.17) is 0 Å². The molecule has 2 aliphatic rings. The van der Waals surface area contributed by atoms with Crippen molar-refractivity contribution in [1.29, 1.82) is 0 Å². The summed E-state index contributed by atoms with van der Waals surface area (Å²) in [5.41, 5.74) is 2.43. The van der Waals surface area contributed by atoms with Gasteiger partial charge in [-0.05, 0) is 42.5 Å². The fourth-order valence-electron chi connectivity index (χ4n) is 6.40. The highest BCUT2D eigenvalue weighted by molar-refractivity contribution is 7.19. The van der Waals surface area contributed by atoms with Gasteiger partial charge in [-0.3, -0.25) is 9.59 Å². The first-order valence-corrected chi connectivity index (χ1v) is 15.3. The zero-order valence-electron chi connectivity index (χ0n) is 22.7. The van der Waals surface area contributed by atoms with E-state index in [0.29, 0.717) is 18.8 Å². The van der Waals surface area contributed by atoms with Crippen molar-refractivity contribution in [1.82, 2.24) is 14.8 Å². The summed E-state index contributed by atoms with van der Waals surface area (Å²) in [5.74, 6) is -0.162. The largest absolute Gasteiger partial charge is 0.351 e. The van der Waals surface area contributed by atoms with E-state index in [1.807, 2.05) is 71.6 Å². The lowest BCUT2D eigenvalue weighted by Gasteiger charge is -2.47. The number of fused-ring (bicyclic) bond motifs is 3. The van der Waals surface area contributed by atoms with Crippen molar-refractivity contribution in [3.05, 3.63) is 94.5 Å². The minimum absolute atomic E-state index is 0.0676. The molecule has 0 spiro atoms. The van der Waals surface area contributed by atoms with Crippen molar-refractivity contribution in [3.8, 4) is 0 Å². The summed E-state index contributed by atoms with van der Waals surface area (Å²) >= 11 is 1.74. The molecule has 1 fully saturated rings. The summed E-state index contributed by atoms with van der Waals surface area (Å²) in [4.78, 5) is 32.3. The zero-order chi connectivity index (χ0) is 26.8. The number of amides is 2. The molecule has 4 aromatic rings. The molecule has 0 unspecified atom stereocenters. The van der Waals surface area contributed by atoms with Crippen molar-refractivity contribution >= 4 is 33.4 Å². The third kappa shape index (κ3) is 4.80. The van der Waals surface area contributed by atoms with Gasteiger partial charge in [0.2, 0.25) is 0 Å². The predicted molar refractivity (Wildman–Crippen MR) is 158 cm³/mol. The van der Waals surface area contributed by atoms with E-state index in [9.17, 15) is 9.59 Å². The number of rotatable bonds is 6. The molecule has 1 N–H and O–H groups in total. The second-order valence-electron chi connectivity index (χ2n) is 11.1. The molecule has 0 radical (unpaired) electrons. The van der Waals surface area contributed by atoms with Crippen LogP contribution in [-0.2, 0) is 29.8 Å². The van der Waals surface area contributed by atoms with Gasteiger partial charge in [0.25, 0.3) is 11.8 Å². The summed E-state index contributed by atoms with van der Waals surface area (Å²) in [5, 5.41) is 3.48. The Labute approximate surface area is 234 Å². The van der Waals surface area contributed by atoms with E-state index in [2.05, 4.69) is 22.9 Å². The smallest absolute Gasteiger partial charge is 0.272 e. The van der Waals surface area contributed by atoms with Crippen LogP contribution in [0.1, 0.15) is 78.4 Å². The number of carbonyl (C=O) groups is 2. The molecule has 5 nitrogen and oxygen atoms in total. The molecule has 1 saturated carbocycles. The third-order valence-electron chi connectivity index (χ3n) is 8.55. The van der Waals surface area contributed by atoms with E-state index < -0.39 is 5.54 Å². The minimum Gasteiger partial charge on any atom is -0.351 e. The average Bonchev–Trinajstić information content (AvgIpc) is 3.51. The lowest BCUT2D eigenvalue weighted by Crippen LogP contribution is -2.64. The molecule has 1 atom stereocenters. The Morgan fingerprint density at radius 3 is 2.31 bits per heavy atom. The molecule has 2 amide bonds. The number of nitrogens with zero attached hydrogens (tertiary/aromatic N) is 2. The quantitative estimate of drug-likeness (QED) is 0.286. The standard InChI is InChI=1S/C33H37N3O2S/c1-2-27-20-28-30(39-27)21-29-31(37)36(22-24-14-8-6-9-15-24)33(23-35(28)29,25-16-10-7-11-17-25)32(38)34-26-18-12-4-3-5-13-19-26/h6-11,14-17,20-21,26H,2-5,12-13,18-19,22-23H2,1H3,(H,34,38)/t33-/m1/s1. The molecule has 39 heavy (non-hydrogen) atoms. The highest BCUT2D eigenvalue weighted by atomic mass is 32.1. The molecular weight excluding hydrogens is 502 g/mol. The van der Waals surface area contributed by atoms with Crippen LogP contribution in [0.3, 0.4) is 0 Å². The van der Waals surface area contributed by atoms with Crippen LogP contribution in [0.2, 0.25) is 0 Å². The van der Waals surface area contributed by atoms with E-state index in [0.717, 1.165) is 53.4 Å². The van der Waals surface area contributed by atoms with Crippen LogP contribution >= 0.6 is 11.3 Å². The second-order valence-corrected chi connectivity index (χ2v) is 12.2. The van der Waals surface area contributed by atoms with E-state index >= 15 is 0 Å². The van der Waals surface area contributed by atoms with Crippen molar-refractivity contribution in [3.63, 3.8) is 0 Å². The Kier molecular flexibility index (Phi) is 7.30. The van der Waals surface area contributed by atoms with Gasteiger partial charge < -0.3 is 14.8 Å². The highest BCUT2D eigenvalue weighted by Crippen LogP contribution is 2.42. The predicted octanol–water partition coefficient (Wildman–Crippen LogP) is 7.05. The Bertz CT molecular complexity index is 1450. The number of carbonyl (C=O) groups excluding carboxylic acids is 2. The molecular formula is C33H37N3O2S. The summed E-state index contributed by atoms with van der Waals surface area (Å²) in [6, 6.07) is 24.4. The maximum absolute atomic E-state index is 14.7. The van der Waals surface area contributed by atoms with Gasteiger partial charge in [0.15, 0.2) is 5.54 Å². The summed E-state index contributed by atoms with van der Waals surface area (Å²) in [6.45, 7) is 2.92. The van der Waals surface area contributed by atoms with Crippen LogP contribution in [0.25, 0.3) is 10.2 Å². The first-order chi connectivity index (χ1) is 19.1. The summed E-state index contributed by atoms with van der Waals surface area (Å²) in [6.07, 6.45) is 8.92. The average molecular weight is 540 g/mol. The number of hydrogen-bond acceptors (Lipinski definition) is 3. The topological polar surface area (TPSA) is 54.3 Å². The number of aromatic nitrogens is 1. The first-order valence-electron chi connectivity index (χ1n) is 14.4. The van der Waals surface area contributed by atoms with Crippen molar-refractivity contribution in [2.75, 3.05) is 0 Å². The van der Waals surface area contributed by atoms with Crippen LogP contribution in [-0.4, -0.2) is 27.3 Å². The maximum atomic E-state index is 14.7. The van der Waals surface area contributed by atoms with Gasteiger partial charge in [0, 0.05) is 17.5 Å². The van der Waals surface area contributed by atoms with Gasteiger partial charge in [-0.25, -0.2) is 0 Å². The number of benzene rings is 2. The lowest BCUT2D eigenvalue weighted by molar-refractivity contribution is -0.136. The Morgan fingerprint density at radius 1 is 0.949 bits per heavy atom. The highest BCUT2D eigenvalue weighted by Gasteiger charge is 2.53. The van der Waals surface area contributed by atoms with Crippen LogP contribution in [0.5, 0.6) is 0 Å². The van der Waals surface area contributed by atoms with E-state index in [1.54, 1.807) is 11.3 Å². The van der Waals surface area contributed by atoms with Crippen molar-refractivity contribution < 1.29 is 9.59 Å². The summed E-state index contributed by atoms with van der Waals surface area (Å²) in [7, 11) is 0. The van der Waals surface area contributed by atoms with Crippen molar-refractivity contribution in [2.45, 2.75) is 83.0 Å². The van der Waals surface area contributed by atoms with Gasteiger partial charge in [0.05, 0.1) is 16.8 Å². The first kappa shape index (κ1) is 25.9. The van der Waals surface area contributed by atoms with Gasteiger partial charge >= 0.3 is 0 Å². The number of aryl methyl sites for hydroxylation is 1. The number of thiophene rings is 1. The number of hydrogen-bond donors (Lipinski definition) is 1. The van der Waals surface area contributed by atoms with Crippen LogP contribution in [0.4, 0.5) is 0 Å². The molecule has 6 heteroatoms. The fourth-order valence-corrected chi connectivity index (χ4v) is 7.45. The molecule has 2 aromatic carbocycles.